The number of hydrogen-bond acceptors (Lipinski definition) is 4. The van der Waals surface area contributed by atoms with Crippen molar-refractivity contribution in [3.63, 3.8) is 0 Å². The molecule has 0 radical (unpaired) electrons. The SMILES string of the molecule is C=C(N=C(C)c1cc2c(c3ccccc13)-c1ccc3c(c1C2(C)C)C(C)(C)c1cc(-c2nc(-c4ccccc4)nc(-c4ccccc4)n2)ccc1-3)c1ccccc1. The van der Waals surface area contributed by atoms with E-state index in [0.717, 1.165) is 39.2 Å². The summed E-state index contributed by atoms with van der Waals surface area (Å²) < 4.78 is 0. The Labute approximate surface area is 334 Å². The largest absolute Gasteiger partial charge is 0.253 e. The smallest absolute Gasteiger partial charge is 0.164 e. The van der Waals surface area contributed by atoms with Crippen molar-refractivity contribution >= 4 is 22.2 Å². The third-order valence-electron chi connectivity index (χ3n) is 12.2. The van der Waals surface area contributed by atoms with Gasteiger partial charge in [0.15, 0.2) is 17.5 Å². The topological polar surface area (TPSA) is 51.0 Å². The highest BCUT2D eigenvalue weighted by Crippen LogP contribution is 2.60. The molecule has 0 saturated heterocycles. The molecule has 7 aromatic carbocycles. The van der Waals surface area contributed by atoms with Gasteiger partial charge in [-0.2, -0.15) is 0 Å². The molecule has 4 heteroatoms. The minimum absolute atomic E-state index is 0.267. The molecular weight excluding hydrogens is 693 g/mol. The fourth-order valence-electron chi connectivity index (χ4n) is 9.39. The van der Waals surface area contributed by atoms with Gasteiger partial charge in [-0.25, -0.2) is 15.0 Å². The van der Waals surface area contributed by atoms with Gasteiger partial charge in [0.05, 0.1) is 5.70 Å². The first kappa shape index (κ1) is 34.7. The first-order valence-corrected chi connectivity index (χ1v) is 19.7. The van der Waals surface area contributed by atoms with Crippen LogP contribution in [0.3, 0.4) is 0 Å². The van der Waals surface area contributed by atoms with Gasteiger partial charge in [-0.3, -0.25) is 4.99 Å². The van der Waals surface area contributed by atoms with E-state index in [-0.39, 0.29) is 10.8 Å². The third-order valence-corrected chi connectivity index (χ3v) is 12.2. The quantitative estimate of drug-likeness (QED) is 0.160. The van der Waals surface area contributed by atoms with Crippen molar-refractivity contribution in [3.8, 4) is 56.4 Å². The van der Waals surface area contributed by atoms with E-state index in [1.807, 2.05) is 54.6 Å². The summed E-state index contributed by atoms with van der Waals surface area (Å²) in [4.78, 5) is 20.2. The van der Waals surface area contributed by atoms with Crippen LogP contribution in [0.1, 0.15) is 68.0 Å². The molecule has 0 spiro atoms. The summed E-state index contributed by atoms with van der Waals surface area (Å²) in [6.07, 6.45) is 0. The number of rotatable bonds is 6. The van der Waals surface area contributed by atoms with Crippen molar-refractivity contribution in [2.24, 2.45) is 4.99 Å². The van der Waals surface area contributed by atoms with Gasteiger partial charge >= 0.3 is 0 Å². The van der Waals surface area contributed by atoms with E-state index in [1.165, 1.54) is 55.3 Å². The second-order valence-electron chi connectivity index (χ2n) is 16.4. The van der Waals surface area contributed by atoms with E-state index in [2.05, 4.69) is 138 Å². The summed E-state index contributed by atoms with van der Waals surface area (Å²) >= 11 is 0. The lowest BCUT2D eigenvalue weighted by molar-refractivity contribution is 0.601. The average molecular weight is 735 g/mol. The van der Waals surface area contributed by atoms with Gasteiger partial charge in [0.2, 0.25) is 0 Å². The Bertz CT molecular complexity index is 2900. The minimum Gasteiger partial charge on any atom is -0.253 e. The first-order chi connectivity index (χ1) is 27.6. The maximum absolute atomic E-state index is 5.08. The summed E-state index contributed by atoms with van der Waals surface area (Å²) in [5.74, 6) is 1.99. The second kappa shape index (κ2) is 12.9. The van der Waals surface area contributed by atoms with Gasteiger partial charge < -0.3 is 0 Å². The van der Waals surface area contributed by atoms with Crippen LogP contribution in [-0.4, -0.2) is 20.7 Å². The Morgan fingerprint density at radius 2 is 0.982 bits per heavy atom. The summed E-state index contributed by atoms with van der Waals surface area (Å²) in [6.45, 7) is 16.0. The molecule has 0 atom stereocenters. The van der Waals surface area contributed by atoms with Gasteiger partial charge in [0.25, 0.3) is 0 Å². The third kappa shape index (κ3) is 5.43. The molecule has 10 rings (SSSR count). The lowest BCUT2D eigenvalue weighted by atomic mass is 9.72. The van der Waals surface area contributed by atoms with Crippen LogP contribution in [0.2, 0.25) is 0 Å². The van der Waals surface area contributed by atoms with Crippen LogP contribution >= 0.6 is 0 Å². The molecule has 274 valence electrons. The molecule has 0 fully saturated rings. The lowest BCUT2D eigenvalue weighted by Gasteiger charge is -2.31. The van der Waals surface area contributed by atoms with E-state index in [0.29, 0.717) is 17.5 Å². The molecule has 0 amide bonds. The highest BCUT2D eigenvalue weighted by molar-refractivity contribution is 6.16. The Morgan fingerprint density at radius 1 is 0.491 bits per heavy atom. The maximum atomic E-state index is 5.08. The fourth-order valence-corrected chi connectivity index (χ4v) is 9.39. The lowest BCUT2D eigenvalue weighted by Crippen LogP contribution is -2.24. The zero-order chi connectivity index (χ0) is 39.1. The molecule has 0 bridgehead atoms. The Balaban J connectivity index is 1.11. The molecule has 0 aliphatic heterocycles. The Kier molecular flexibility index (Phi) is 7.85. The summed E-state index contributed by atoms with van der Waals surface area (Å²) in [6, 6.07) is 53.3. The van der Waals surface area contributed by atoms with Gasteiger partial charge in [0, 0.05) is 38.8 Å². The van der Waals surface area contributed by atoms with Gasteiger partial charge in [-0.15, -0.1) is 0 Å². The van der Waals surface area contributed by atoms with Crippen molar-refractivity contribution in [2.45, 2.75) is 45.4 Å². The number of hydrogen-bond donors (Lipinski definition) is 0. The highest BCUT2D eigenvalue weighted by Gasteiger charge is 2.46. The molecule has 2 aliphatic rings. The van der Waals surface area contributed by atoms with Crippen LogP contribution in [-0.2, 0) is 10.8 Å². The van der Waals surface area contributed by atoms with Crippen molar-refractivity contribution in [1.29, 1.82) is 0 Å². The molecule has 0 unspecified atom stereocenters. The van der Waals surface area contributed by atoms with Crippen molar-refractivity contribution in [2.75, 3.05) is 0 Å². The maximum Gasteiger partial charge on any atom is 0.164 e. The predicted molar refractivity (Wildman–Crippen MR) is 236 cm³/mol. The predicted octanol–water partition coefficient (Wildman–Crippen LogP) is 13.1. The zero-order valence-electron chi connectivity index (χ0n) is 32.9. The van der Waals surface area contributed by atoms with E-state index >= 15 is 0 Å². The van der Waals surface area contributed by atoms with E-state index in [4.69, 9.17) is 19.9 Å². The molecule has 8 aromatic rings. The van der Waals surface area contributed by atoms with Crippen LogP contribution in [0.25, 0.3) is 72.9 Å². The monoisotopic (exact) mass is 734 g/mol. The summed E-state index contributed by atoms with van der Waals surface area (Å²) in [7, 11) is 0. The first-order valence-electron chi connectivity index (χ1n) is 19.7. The van der Waals surface area contributed by atoms with Gasteiger partial charge in [0.1, 0.15) is 0 Å². The van der Waals surface area contributed by atoms with E-state index in [9.17, 15) is 0 Å². The normalized spacial score (nSPS) is 14.5. The average Bonchev–Trinajstić information content (AvgIpc) is 3.62. The van der Waals surface area contributed by atoms with Gasteiger partial charge in [-0.1, -0.05) is 174 Å². The van der Waals surface area contributed by atoms with Crippen LogP contribution in [0.4, 0.5) is 0 Å². The molecule has 0 saturated carbocycles. The van der Waals surface area contributed by atoms with Crippen LogP contribution in [0, 0.1) is 0 Å². The second-order valence-corrected chi connectivity index (χ2v) is 16.4. The summed E-state index contributed by atoms with van der Waals surface area (Å²) in [5, 5.41) is 2.46. The zero-order valence-corrected chi connectivity index (χ0v) is 32.9. The molecule has 4 nitrogen and oxygen atoms in total. The van der Waals surface area contributed by atoms with E-state index in [1.54, 1.807) is 0 Å². The number of aliphatic imine (C=N–C) groups is 1. The van der Waals surface area contributed by atoms with Crippen molar-refractivity contribution < 1.29 is 0 Å². The Morgan fingerprint density at radius 3 is 1.61 bits per heavy atom. The number of aromatic nitrogens is 3. The number of nitrogens with zero attached hydrogens (tertiary/aromatic N) is 4. The number of fused-ring (bicyclic) bond motifs is 9. The highest BCUT2D eigenvalue weighted by atomic mass is 15.0. The summed E-state index contributed by atoms with van der Waals surface area (Å²) in [5.41, 5.74) is 16.9. The fraction of sp³-hybridized carbons (Fsp3) is 0.132. The molecular formula is C53H42N4. The van der Waals surface area contributed by atoms with Crippen LogP contribution < -0.4 is 0 Å². The molecule has 2 aliphatic carbocycles. The molecule has 57 heavy (non-hydrogen) atoms. The standard InChI is InChI=1S/C53H42N4/c1-32(34-18-10-7-11-19-34)54-33(2)43-31-45-46(40-25-17-16-24-38(40)43)42-29-28-41-39-27-26-37(30-44(39)52(3,4)47(41)48(42)53(45,5)6)51-56-49(35-20-12-8-13-21-35)55-50(57-51)36-22-14-9-15-23-36/h7-31H,1H2,2-6H3. The Hall–Kier alpha value is -6.78. The van der Waals surface area contributed by atoms with E-state index < -0.39 is 0 Å². The molecule has 1 heterocycles. The number of benzene rings is 7. The molecule has 1 aromatic heterocycles. The van der Waals surface area contributed by atoms with Crippen LogP contribution in [0.15, 0.2) is 163 Å². The van der Waals surface area contributed by atoms with Crippen molar-refractivity contribution in [1.82, 2.24) is 15.0 Å². The minimum atomic E-state index is -0.285. The van der Waals surface area contributed by atoms with Crippen molar-refractivity contribution in [3.05, 3.63) is 192 Å². The van der Waals surface area contributed by atoms with Gasteiger partial charge in [-0.05, 0) is 79.9 Å². The molecule has 0 N–H and O–H groups in total. The van der Waals surface area contributed by atoms with Crippen LogP contribution in [0.5, 0.6) is 0 Å².